The minimum Gasteiger partial charge on any atom is -0.484 e. The molecule has 2 aromatic rings. The zero-order chi connectivity index (χ0) is 19.9. The van der Waals surface area contributed by atoms with Crippen LogP contribution in [0.3, 0.4) is 0 Å². The lowest BCUT2D eigenvalue weighted by Gasteiger charge is -2.37. The van der Waals surface area contributed by atoms with E-state index in [4.69, 9.17) is 4.74 Å². The fourth-order valence-electron chi connectivity index (χ4n) is 3.61. The van der Waals surface area contributed by atoms with E-state index in [1.54, 1.807) is 24.3 Å². The van der Waals surface area contributed by atoms with Crippen molar-refractivity contribution in [3.8, 4) is 5.75 Å². The quantitative estimate of drug-likeness (QED) is 0.749. The molecule has 3 rings (SSSR count). The van der Waals surface area contributed by atoms with Crippen molar-refractivity contribution in [3.05, 3.63) is 65.7 Å². The van der Waals surface area contributed by atoms with Gasteiger partial charge in [0.15, 0.2) is 12.4 Å². The Morgan fingerprint density at radius 2 is 1.82 bits per heavy atom. The second kappa shape index (κ2) is 9.51. The maximum atomic E-state index is 12.3. The number of Topliss-reactive ketones (excluding diaryl/α,β-unsaturated/α-hetero) is 1. The molecule has 0 aliphatic carbocycles. The van der Waals surface area contributed by atoms with Gasteiger partial charge in [0.2, 0.25) is 0 Å². The van der Waals surface area contributed by atoms with E-state index in [1.165, 1.54) is 12.5 Å². The molecule has 1 amide bonds. The first-order chi connectivity index (χ1) is 13.5. The van der Waals surface area contributed by atoms with Crippen LogP contribution in [0.5, 0.6) is 5.75 Å². The highest BCUT2D eigenvalue weighted by molar-refractivity contribution is 5.94. The first-order valence-corrected chi connectivity index (χ1v) is 9.80. The summed E-state index contributed by atoms with van der Waals surface area (Å²) in [5.74, 6) is 0.878. The summed E-state index contributed by atoms with van der Waals surface area (Å²) >= 11 is 0. The zero-order valence-corrected chi connectivity index (χ0v) is 16.6. The Hall–Kier alpha value is -2.66. The molecule has 1 aliphatic rings. The van der Waals surface area contributed by atoms with Gasteiger partial charge in [0, 0.05) is 31.2 Å². The number of piperidine rings is 1. The average Bonchev–Trinajstić information content (AvgIpc) is 2.69. The number of benzene rings is 2. The van der Waals surface area contributed by atoms with Crippen LogP contribution in [0.1, 0.15) is 36.2 Å². The van der Waals surface area contributed by atoms with E-state index in [-0.39, 0.29) is 24.3 Å². The van der Waals surface area contributed by atoms with Gasteiger partial charge in [-0.1, -0.05) is 37.3 Å². The Labute approximate surface area is 166 Å². The van der Waals surface area contributed by atoms with E-state index in [9.17, 15) is 9.59 Å². The van der Waals surface area contributed by atoms with E-state index >= 15 is 0 Å². The number of ketones is 1. The Bertz CT molecular complexity index is 789. The van der Waals surface area contributed by atoms with Crippen LogP contribution in [-0.2, 0) is 11.3 Å². The maximum Gasteiger partial charge on any atom is 0.258 e. The van der Waals surface area contributed by atoms with Gasteiger partial charge >= 0.3 is 0 Å². The topological polar surface area (TPSA) is 58.6 Å². The molecular formula is C23H28N2O3. The van der Waals surface area contributed by atoms with E-state index in [0.717, 1.165) is 26.1 Å². The number of nitrogens with one attached hydrogen (secondary N) is 1. The number of carbonyl (C=O) groups is 2. The predicted octanol–water partition coefficient (Wildman–Crippen LogP) is 3.29. The van der Waals surface area contributed by atoms with Gasteiger partial charge in [0.05, 0.1) is 0 Å². The van der Waals surface area contributed by atoms with Crippen molar-refractivity contribution >= 4 is 11.7 Å². The Morgan fingerprint density at radius 1 is 1.11 bits per heavy atom. The third kappa shape index (κ3) is 5.67. The third-order valence-electron chi connectivity index (χ3n) is 5.22. The number of ether oxygens (including phenoxy) is 1. The summed E-state index contributed by atoms with van der Waals surface area (Å²) in [6.45, 7) is 6.57. The maximum absolute atomic E-state index is 12.3. The van der Waals surface area contributed by atoms with E-state index < -0.39 is 0 Å². The summed E-state index contributed by atoms with van der Waals surface area (Å²) in [6, 6.07) is 17.5. The predicted molar refractivity (Wildman–Crippen MR) is 109 cm³/mol. The smallest absolute Gasteiger partial charge is 0.258 e. The number of hydrogen-bond acceptors (Lipinski definition) is 4. The first kappa shape index (κ1) is 20.1. The monoisotopic (exact) mass is 380 g/mol. The molecule has 0 bridgehead atoms. The number of rotatable bonds is 7. The lowest BCUT2D eigenvalue weighted by Crippen LogP contribution is -2.50. The van der Waals surface area contributed by atoms with Gasteiger partial charge in [-0.3, -0.25) is 14.5 Å². The standard InChI is InChI=1S/C23H28N2O3/c1-17-14-25(15-19-6-4-3-5-7-19)13-12-22(17)24-23(27)16-28-21-10-8-20(9-11-21)18(2)26/h3-11,17,22H,12-16H2,1-2H3,(H,24,27)/t17-,22-/m0/s1. The van der Waals surface area contributed by atoms with Crippen molar-refractivity contribution in [2.45, 2.75) is 32.9 Å². The van der Waals surface area contributed by atoms with Crippen LogP contribution in [0.15, 0.2) is 54.6 Å². The van der Waals surface area contributed by atoms with Gasteiger partial charge in [-0.25, -0.2) is 0 Å². The number of hydrogen-bond donors (Lipinski definition) is 1. The summed E-state index contributed by atoms with van der Waals surface area (Å²) < 4.78 is 5.55. The van der Waals surface area contributed by atoms with Crippen LogP contribution in [0.4, 0.5) is 0 Å². The zero-order valence-electron chi connectivity index (χ0n) is 16.6. The highest BCUT2D eigenvalue weighted by Gasteiger charge is 2.27. The molecule has 5 heteroatoms. The van der Waals surface area contributed by atoms with Gasteiger partial charge in [-0.15, -0.1) is 0 Å². The second-order valence-electron chi connectivity index (χ2n) is 7.53. The number of amides is 1. The number of carbonyl (C=O) groups excluding carboxylic acids is 2. The summed E-state index contributed by atoms with van der Waals surface area (Å²) in [5.41, 5.74) is 1.95. The molecule has 1 aliphatic heterocycles. The fraction of sp³-hybridized carbons (Fsp3) is 0.391. The number of nitrogens with zero attached hydrogens (tertiary/aromatic N) is 1. The first-order valence-electron chi connectivity index (χ1n) is 9.80. The van der Waals surface area contributed by atoms with Crippen LogP contribution < -0.4 is 10.1 Å². The Morgan fingerprint density at radius 3 is 2.46 bits per heavy atom. The van der Waals surface area contributed by atoms with Crippen molar-refractivity contribution in [1.29, 1.82) is 0 Å². The Balaban J connectivity index is 1.42. The van der Waals surface area contributed by atoms with E-state index in [2.05, 4.69) is 41.4 Å². The van der Waals surface area contributed by atoms with Gasteiger partial charge in [0.25, 0.3) is 5.91 Å². The molecule has 2 atom stereocenters. The normalized spacial score (nSPS) is 19.8. The van der Waals surface area contributed by atoms with E-state index in [0.29, 0.717) is 17.2 Å². The molecule has 0 unspecified atom stereocenters. The minimum atomic E-state index is -0.107. The molecule has 0 radical (unpaired) electrons. The van der Waals surface area contributed by atoms with Gasteiger partial charge < -0.3 is 10.1 Å². The molecule has 1 heterocycles. The highest BCUT2D eigenvalue weighted by atomic mass is 16.5. The molecule has 28 heavy (non-hydrogen) atoms. The molecular weight excluding hydrogens is 352 g/mol. The molecule has 1 saturated heterocycles. The molecule has 0 spiro atoms. The van der Waals surface area contributed by atoms with Crippen molar-refractivity contribution in [1.82, 2.24) is 10.2 Å². The van der Waals surface area contributed by atoms with Crippen LogP contribution in [-0.4, -0.2) is 42.3 Å². The van der Waals surface area contributed by atoms with Crippen LogP contribution in [0, 0.1) is 5.92 Å². The Kier molecular flexibility index (Phi) is 6.82. The van der Waals surface area contributed by atoms with E-state index in [1.807, 2.05) is 6.07 Å². The van der Waals surface area contributed by atoms with Gasteiger partial charge in [0.1, 0.15) is 5.75 Å². The molecule has 0 aromatic heterocycles. The summed E-state index contributed by atoms with van der Waals surface area (Å²) in [6.07, 6.45) is 0.938. The molecule has 5 nitrogen and oxygen atoms in total. The van der Waals surface area contributed by atoms with Crippen molar-refractivity contribution in [2.24, 2.45) is 5.92 Å². The van der Waals surface area contributed by atoms with Crippen molar-refractivity contribution in [2.75, 3.05) is 19.7 Å². The SMILES string of the molecule is CC(=O)c1ccc(OCC(=O)N[C@H]2CCN(Cc3ccccc3)C[C@@H]2C)cc1. The fourth-order valence-corrected chi connectivity index (χ4v) is 3.61. The largest absolute Gasteiger partial charge is 0.484 e. The average molecular weight is 380 g/mol. The molecule has 2 aromatic carbocycles. The summed E-state index contributed by atoms with van der Waals surface area (Å²) in [7, 11) is 0. The van der Waals surface area contributed by atoms with Gasteiger partial charge in [-0.05, 0) is 49.1 Å². The van der Waals surface area contributed by atoms with Crippen LogP contribution >= 0.6 is 0 Å². The third-order valence-corrected chi connectivity index (χ3v) is 5.22. The molecule has 1 N–H and O–H groups in total. The number of likely N-dealkylation sites (tertiary alicyclic amines) is 1. The van der Waals surface area contributed by atoms with Gasteiger partial charge in [-0.2, -0.15) is 0 Å². The second-order valence-corrected chi connectivity index (χ2v) is 7.53. The summed E-state index contributed by atoms with van der Waals surface area (Å²) in [5, 5.41) is 3.11. The summed E-state index contributed by atoms with van der Waals surface area (Å²) in [4.78, 5) is 26.0. The lowest BCUT2D eigenvalue weighted by molar-refractivity contribution is -0.124. The minimum absolute atomic E-state index is 0.0110. The molecule has 0 saturated carbocycles. The van der Waals surface area contributed by atoms with Crippen molar-refractivity contribution < 1.29 is 14.3 Å². The lowest BCUT2D eigenvalue weighted by atomic mass is 9.93. The van der Waals surface area contributed by atoms with Crippen molar-refractivity contribution in [3.63, 3.8) is 0 Å². The van der Waals surface area contributed by atoms with Crippen LogP contribution in [0.2, 0.25) is 0 Å². The highest BCUT2D eigenvalue weighted by Crippen LogP contribution is 2.19. The molecule has 1 fully saturated rings. The van der Waals surface area contributed by atoms with Crippen LogP contribution in [0.25, 0.3) is 0 Å². The molecule has 148 valence electrons.